The van der Waals surface area contributed by atoms with Gasteiger partial charge in [-0.25, -0.2) is 5.01 Å². The van der Waals surface area contributed by atoms with Crippen molar-refractivity contribution in [2.24, 2.45) is 5.10 Å². The highest BCUT2D eigenvalue weighted by molar-refractivity contribution is 7.12. The maximum absolute atomic E-state index is 13.5. The lowest BCUT2D eigenvalue weighted by atomic mass is 9.99. The number of phenolic OH excluding ortho intramolecular Hbond substituents is 1. The second-order valence-electron chi connectivity index (χ2n) is 6.85. The number of hydrazone groups is 1. The molecule has 1 amide bonds. The zero-order chi connectivity index (χ0) is 21.1. The van der Waals surface area contributed by atoms with E-state index in [4.69, 9.17) is 9.47 Å². The summed E-state index contributed by atoms with van der Waals surface area (Å²) >= 11 is 1.57. The van der Waals surface area contributed by atoms with Gasteiger partial charge < -0.3 is 14.6 Å². The smallest absolute Gasteiger partial charge is 0.276 e. The first-order valence-corrected chi connectivity index (χ1v) is 10.4. The first-order valence-electron chi connectivity index (χ1n) is 9.52. The molecular weight excluding hydrogens is 400 g/mol. The van der Waals surface area contributed by atoms with Crippen molar-refractivity contribution in [2.75, 3.05) is 14.2 Å². The number of hydrogen-bond acceptors (Lipinski definition) is 6. The van der Waals surface area contributed by atoms with Crippen molar-refractivity contribution >= 4 is 23.0 Å². The predicted molar refractivity (Wildman–Crippen MR) is 116 cm³/mol. The number of methoxy groups -OCH3 is 2. The van der Waals surface area contributed by atoms with Gasteiger partial charge in [0, 0.05) is 19.1 Å². The number of carbonyl (C=O) groups is 1. The van der Waals surface area contributed by atoms with Gasteiger partial charge in [-0.1, -0.05) is 48.5 Å². The summed E-state index contributed by atoms with van der Waals surface area (Å²) in [5, 5.41) is 18.8. The lowest BCUT2D eigenvalue weighted by Gasteiger charge is -2.26. The number of carbonyl (C=O) groups excluding carboxylic acids is 1. The van der Waals surface area contributed by atoms with Crippen LogP contribution in [-0.4, -0.2) is 36.0 Å². The number of hydrogen-bond donors (Lipinski definition) is 1. The molecule has 6 nitrogen and oxygen atoms in total. The fourth-order valence-corrected chi connectivity index (χ4v) is 4.37. The van der Waals surface area contributed by atoms with E-state index in [-0.39, 0.29) is 11.7 Å². The number of ether oxygens (including phenoxy) is 2. The Balaban J connectivity index is 1.75. The molecule has 1 N–H and O–H groups in total. The van der Waals surface area contributed by atoms with Gasteiger partial charge in [-0.3, -0.25) is 4.79 Å². The predicted octanol–water partition coefficient (Wildman–Crippen LogP) is 4.53. The van der Waals surface area contributed by atoms with Crippen LogP contribution in [0.5, 0.6) is 11.5 Å². The van der Waals surface area contributed by atoms with E-state index in [1.807, 2.05) is 47.8 Å². The minimum absolute atomic E-state index is 0.0131. The van der Waals surface area contributed by atoms with Gasteiger partial charge in [-0.2, -0.15) is 5.10 Å². The van der Waals surface area contributed by atoms with E-state index in [2.05, 4.69) is 5.10 Å². The minimum atomic E-state index is -0.798. The summed E-state index contributed by atoms with van der Waals surface area (Å²) in [5.41, 5.74) is 2.13. The monoisotopic (exact) mass is 422 g/mol. The minimum Gasteiger partial charge on any atom is -0.504 e. The molecule has 0 saturated heterocycles. The van der Waals surface area contributed by atoms with Crippen LogP contribution in [0.25, 0.3) is 0 Å². The summed E-state index contributed by atoms with van der Waals surface area (Å²) in [6, 6.07) is 18.1. The highest BCUT2D eigenvalue weighted by atomic mass is 32.1. The van der Waals surface area contributed by atoms with Gasteiger partial charge in [-0.05, 0) is 23.1 Å². The Kier molecular flexibility index (Phi) is 5.83. The van der Waals surface area contributed by atoms with Crippen LogP contribution < -0.4 is 4.74 Å². The third-order valence-corrected chi connectivity index (χ3v) is 6.03. The number of phenols is 1. The highest BCUT2D eigenvalue weighted by Crippen LogP contribution is 2.42. The molecule has 0 radical (unpaired) electrons. The van der Waals surface area contributed by atoms with Crippen LogP contribution in [0.1, 0.15) is 34.6 Å². The van der Waals surface area contributed by atoms with Crippen LogP contribution in [0.2, 0.25) is 0 Å². The summed E-state index contributed by atoms with van der Waals surface area (Å²) in [4.78, 5) is 14.5. The quantitative estimate of drug-likeness (QED) is 0.634. The summed E-state index contributed by atoms with van der Waals surface area (Å²) in [6.45, 7) is 0. The lowest BCUT2D eigenvalue weighted by Crippen LogP contribution is -2.32. The Morgan fingerprint density at radius 3 is 2.60 bits per heavy atom. The zero-order valence-corrected chi connectivity index (χ0v) is 17.5. The summed E-state index contributed by atoms with van der Waals surface area (Å²) in [5.74, 6) is 0.0809. The molecule has 1 aliphatic rings. The molecule has 0 aliphatic carbocycles. The van der Waals surface area contributed by atoms with Gasteiger partial charge in [-0.15, -0.1) is 11.3 Å². The molecule has 0 unspecified atom stereocenters. The van der Waals surface area contributed by atoms with Crippen molar-refractivity contribution in [3.8, 4) is 11.5 Å². The molecular formula is C23H22N2O4S. The average Bonchev–Trinajstić information content (AvgIpc) is 3.45. The first kappa shape index (κ1) is 20.1. The van der Waals surface area contributed by atoms with Gasteiger partial charge in [0.15, 0.2) is 17.6 Å². The topological polar surface area (TPSA) is 71.4 Å². The molecule has 1 aromatic heterocycles. The second-order valence-corrected chi connectivity index (χ2v) is 7.80. The SMILES string of the molecule is COc1cccc([C@@H]2CC(c3cccs3)=NN2C(=O)[C@@H](OC)c2ccccc2)c1O. The number of para-hydroxylation sites is 1. The molecule has 2 heterocycles. The van der Waals surface area contributed by atoms with Crippen molar-refractivity contribution in [3.05, 3.63) is 82.0 Å². The molecule has 2 aromatic carbocycles. The molecule has 0 spiro atoms. The van der Waals surface area contributed by atoms with Crippen molar-refractivity contribution in [1.82, 2.24) is 5.01 Å². The lowest BCUT2D eigenvalue weighted by molar-refractivity contribution is -0.144. The largest absolute Gasteiger partial charge is 0.504 e. The van der Waals surface area contributed by atoms with Crippen molar-refractivity contribution in [1.29, 1.82) is 0 Å². The van der Waals surface area contributed by atoms with Gasteiger partial charge in [0.2, 0.25) is 0 Å². The molecule has 7 heteroatoms. The van der Waals surface area contributed by atoms with Crippen LogP contribution >= 0.6 is 11.3 Å². The summed E-state index contributed by atoms with van der Waals surface area (Å²) in [6.07, 6.45) is -0.314. The van der Waals surface area contributed by atoms with Crippen LogP contribution in [0.4, 0.5) is 0 Å². The van der Waals surface area contributed by atoms with Gasteiger partial charge >= 0.3 is 0 Å². The van der Waals surface area contributed by atoms with E-state index in [9.17, 15) is 9.90 Å². The molecule has 30 heavy (non-hydrogen) atoms. The van der Waals surface area contributed by atoms with Gasteiger partial charge in [0.1, 0.15) is 0 Å². The van der Waals surface area contributed by atoms with Crippen LogP contribution in [0, 0.1) is 0 Å². The molecule has 2 atom stereocenters. The van der Waals surface area contributed by atoms with Crippen molar-refractivity contribution in [2.45, 2.75) is 18.6 Å². The fraction of sp³-hybridized carbons (Fsp3) is 0.217. The summed E-state index contributed by atoms with van der Waals surface area (Å²) in [7, 11) is 3.01. The molecule has 0 bridgehead atoms. The number of amides is 1. The highest BCUT2D eigenvalue weighted by Gasteiger charge is 2.38. The maximum atomic E-state index is 13.5. The molecule has 0 saturated carbocycles. The van der Waals surface area contributed by atoms with Gasteiger partial charge in [0.05, 0.1) is 23.7 Å². The Morgan fingerprint density at radius 1 is 1.13 bits per heavy atom. The Labute approximate surface area is 179 Å². The molecule has 3 aromatic rings. The Hall–Kier alpha value is -3.16. The number of benzene rings is 2. The van der Waals surface area contributed by atoms with E-state index in [0.717, 1.165) is 16.2 Å². The van der Waals surface area contributed by atoms with E-state index in [1.165, 1.54) is 19.2 Å². The van der Waals surface area contributed by atoms with Crippen molar-refractivity contribution in [3.63, 3.8) is 0 Å². The van der Waals surface area contributed by atoms with Crippen LogP contribution in [0.15, 0.2) is 71.1 Å². The average molecular weight is 423 g/mol. The number of rotatable bonds is 6. The third kappa shape index (κ3) is 3.69. The number of thiophene rings is 1. The second kappa shape index (κ2) is 8.69. The Bertz CT molecular complexity index is 1050. The van der Waals surface area contributed by atoms with E-state index >= 15 is 0 Å². The third-order valence-electron chi connectivity index (χ3n) is 5.11. The van der Waals surface area contributed by atoms with Crippen molar-refractivity contribution < 1.29 is 19.4 Å². The number of nitrogens with zero attached hydrogens (tertiary/aromatic N) is 2. The molecule has 1 aliphatic heterocycles. The number of aromatic hydroxyl groups is 1. The van der Waals surface area contributed by atoms with Crippen LogP contribution in [-0.2, 0) is 9.53 Å². The van der Waals surface area contributed by atoms with E-state index < -0.39 is 12.1 Å². The maximum Gasteiger partial charge on any atom is 0.276 e. The molecule has 4 rings (SSSR count). The normalized spacial score (nSPS) is 16.9. The molecule has 154 valence electrons. The molecule has 0 fully saturated rings. The first-order chi connectivity index (χ1) is 14.6. The fourth-order valence-electron chi connectivity index (χ4n) is 3.65. The Morgan fingerprint density at radius 2 is 1.93 bits per heavy atom. The zero-order valence-electron chi connectivity index (χ0n) is 16.7. The van der Waals surface area contributed by atoms with Crippen LogP contribution in [0.3, 0.4) is 0 Å². The van der Waals surface area contributed by atoms with E-state index in [0.29, 0.717) is 17.7 Å². The summed E-state index contributed by atoms with van der Waals surface area (Å²) < 4.78 is 10.8. The van der Waals surface area contributed by atoms with E-state index in [1.54, 1.807) is 29.5 Å². The van der Waals surface area contributed by atoms with Gasteiger partial charge in [0.25, 0.3) is 5.91 Å². The standard InChI is InChI=1S/C23H22N2O4S/c1-28-19-11-6-10-16(21(19)26)18-14-17(20-12-7-13-30-20)24-25(18)23(27)22(29-2)15-8-4-3-5-9-15/h3-13,18,22,26H,14H2,1-2H3/t18-,22-/m0/s1.